The molecule has 0 aliphatic carbocycles. The fourth-order valence-electron chi connectivity index (χ4n) is 4.12. The molecule has 0 bridgehead atoms. The minimum Gasteiger partial charge on any atom is -0.394 e. The van der Waals surface area contributed by atoms with Crippen LogP contribution in [0.25, 0.3) is 16.9 Å². The van der Waals surface area contributed by atoms with Crippen molar-refractivity contribution < 1.29 is 14.7 Å². The molecule has 0 radical (unpaired) electrons. The van der Waals surface area contributed by atoms with Crippen LogP contribution in [0.3, 0.4) is 0 Å². The maximum atomic E-state index is 13.5. The van der Waals surface area contributed by atoms with Gasteiger partial charge in [0.05, 0.1) is 24.0 Å². The molecule has 1 aliphatic rings. The Bertz CT molecular complexity index is 1170. The molecular formula is C26H24N4O3. The molecule has 7 nitrogen and oxygen atoms in total. The number of para-hydroxylation sites is 1. The highest BCUT2D eigenvalue weighted by atomic mass is 16.3. The van der Waals surface area contributed by atoms with Crippen LogP contribution >= 0.6 is 0 Å². The van der Waals surface area contributed by atoms with Gasteiger partial charge in [0.15, 0.2) is 5.69 Å². The van der Waals surface area contributed by atoms with Crippen molar-refractivity contribution in [2.75, 3.05) is 6.61 Å². The van der Waals surface area contributed by atoms with Gasteiger partial charge in [-0.15, -0.1) is 0 Å². The van der Waals surface area contributed by atoms with E-state index in [4.69, 9.17) is 4.79 Å². The van der Waals surface area contributed by atoms with Gasteiger partial charge in [-0.2, -0.15) is 5.10 Å². The van der Waals surface area contributed by atoms with Gasteiger partial charge in [0.1, 0.15) is 6.79 Å². The number of aliphatic hydroxyl groups excluding tert-OH is 1. The maximum Gasteiger partial charge on any atom is 0.275 e. The smallest absolute Gasteiger partial charge is 0.275 e. The Hall–Kier alpha value is -4.10. The molecule has 3 heterocycles. The quantitative estimate of drug-likeness (QED) is 0.526. The van der Waals surface area contributed by atoms with Gasteiger partial charge in [-0.25, -0.2) is 4.68 Å². The highest BCUT2D eigenvalue weighted by Crippen LogP contribution is 2.28. The van der Waals surface area contributed by atoms with Gasteiger partial charge < -0.3 is 14.8 Å². The van der Waals surface area contributed by atoms with Crippen LogP contribution in [0, 0.1) is 0 Å². The molecule has 1 aliphatic heterocycles. The van der Waals surface area contributed by atoms with Crippen molar-refractivity contribution in [2.45, 2.75) is 19.0 Å². The van der Waals surface area contributed by atoms with E-state index in [2.05, 4.69) is 16.1 Å². The summed E-state index contributed by atoms with van der Waals surface area (Å²) in [6.07, 6.45) is 4.08. The minimum absolute atomic E-state index is 0.0866. The van der Waals surface area contributed by atoms with Gasteiger partial charge in [0.25, 0.3) is 5.91 Å². The van der Waals surface area contributed by atoms with Crippen molar-refractivity contribution in [1.82, 2.24) is 19.7 Å². The Kier molecular flexibility index (Phi) is 6.71. The fourth-order valence-corrected chi connectivity index (χ4v) is 4.12. The number of carbonyl (C=O) groups excluding carboxylic acids is 2. The van der Waals surface area contributed by atoms with E-state index in [1.807, 2.05) is 73.5 Å². The summed E-state index contributed by atoms with van der Waals surface area (Å²) in [5.41, 5.74) is 5.25. The summed E-state index contributed by atoms with van der Waals surface area (Å²) >= 11 is 0. The largest absolute Gasteiger partial charge is 0.394 e. The molecule has 4 aromatic rings. The first-order valence-corrected chi connectivity index (χ1v) is 10.6. The van der Waals surface area contributed by atoms with Crippen LogP contribution in [0.1, 0.15) is 21.6 Å². The molecule has 5 rings (SSSR count). The Balaban J connectivity index is 0.00000126. The summed E-state index contributed by atoms with van der Waals surface area (Å²) in [5, 5.41) is 14.7. The number of nitrogens with zero attached hydrogens (tertiary/aromatic N) is 4. The highest BCUT2D eigenvalue weighted by Gasteiger charge is 2.31. The molecule has 0 saturated heterocycles. The number of benzene rings is 2. The summed E-state index contributed by atoms with van der Waals surface area (Å²) in [7, 11) is 0. The van der Waals surface area contributed by atoms with Gasteiger partial charge in [-0.1, -0.05) is 42.5 Å². The van der Waals surface area contributed by atoms with Crippen LogP contribution in [-0.2, 0) is 17.8 Å². The van der Waals surface area contributed by atoms with Crippen LogP contribution in [0.5, 0.6) is 0 Å². The van der Waals surface area contributed by atoms with Gasteiger partial charge in [-0.3, -0.25) is 9.78 Å². The Morgan fingerprint density at radius 2 is 1.64 bits per heavy atom. The average molecular weight is 441 g/mol. The van der Waals surface area contributed by atoms with Crippen molar-refractivity contribution in [2.24, 2.45) is 0 Å². The van der Waals surface area contributed by atoms with E-state index in [1.54, 1.807) is 22.0 Å². The molecule has 1 N–H and O–H groups in total. The number of carbonyl (C=O) groups is 2. The van der Waals surface area contributed by atoms with E-state index in [0.29, 0.717) is 18.7 Å². The average Bonchev–Trinajstić information content (AvgIpc) is 3.35. The SMILES string of the molecule is C=O.O=C(c1cc(-c2ccncc2)n(-c2ccccc2)n1)N1Cc2ccccc2CC1CO. The first kappa shape index (κ1) is 22.1. The molecule has 166 valence electrons. The summed E-state index contributed by atoms with van der Waals surface area (Å²) in [5.74, 6) is -0.182. The third-order valence-corrected chi connectivity index (χ3v) is 5.73. The maximum absolute atomic E-state index is 13.5. The lowest BCUT2D eigenvalue weighted by Crippen LogP contribution is -2.46. The molecular weight excluding hydrogens is 416 g/mol. The molecule has 7 heteroatoms. The zero-order valence-electron chi connectivity index (χ0n) is 18.0. The second kappa shape index (κ2) is 10.0. The van der Waals surface area contributed by atoms with Crippen molar-refractivity contribution in [3.8, 4) is 16.9 Å². The number of pyridine rings is 1. The highest BCUT2D eigenvalue weighted by molar-refractivity contribution is 5.94. The molecule has 0 spiro atoms. The predicted octanol–water partition coefficient (Wildman–Crippen LogP) is 3.31. The van der Waals surface area contributed by atoms with E-state index in [-0.39, 0.29) is 18.6 Å². The van der Waals surface area contributed by atoms with E-state index >= 15 is 0 Å². The zero-order chi connectivity index (χ0) is 23.2. The number of hydrogen-bond acceptors (Lipinski definition) is 5. The van der Waals surface area contributed by atoms with Crippen molar-refractivity contribution >= 4 is 12.7 Å². The molecule has 1 atom stereocenters. The van der Waals surface area contributed by atoms with E-state index in [1.165, 1.54) is 5.56 Å². The third kappa shape index (κ3) is 4.44. The van der Waals surface area contributed by atoms with Gasteiger partial charge in [0.2, 0.25) is 0 Å². The van der Waals surface area contributed by atoms with E-state index in [9.17, 15) is 9.90 Å². The molecule has 0 saturated carbocycles. The first-order valence-electron chi connectivity index (χ1n) is 10.6. The van der Waals surface area contributed by atoms with Gasteiger partial charge in [0, 0.05) is 24.5 Å². The Morgan fingerprint density at radius 1 is 0.970 bits per heavy atom. The number of amides is 1. The van der Waals surface area contributed by atoms with Crippen molar-refractivity contribution in [1.29, 1.82) is 0 Å². The number of hydrogen-bond donors (Lipinski definition) is 1. The van der Waals surface area contributed by atoms with E-state index < -0.39 is 0 Å². The zero-order valence-corrected chi connectivity index (χ0v) is 18.0. The summed E-state index contributed by atoms with van der Waals surface area (Å²) < 4.78 is 1.79. The number of aliphatic hydroxyl groups is 1. The summed E-state index contributed by atoms with van der Waals surface area (Å²) in [4.78, 5) is 27.4. The molecule has 2 aromatic heterocycles. The van der Waals surface area contributed by atoms with Crippen LogP contribution < -0.4 is 0 Å². The second-order valence-corrected chi connectivity index (χ2v) is 7.64. The number of aromatic nitrogens is 3. The topological polar surface area (TPSA) is 88.3 Å². The minimum atomic E-state index is -0.270. The lowest BCUT2D eigenvalue weighted by atomic mass is 9.94. The van der Waals surface area contributed by atoms with Crippen LogP contribution in [0.15, 0.2) is 85.2 Å². The van der Waals surface area contributed by atoms with Crippen molar-refractivity contribution in [3.63, 3.8) is 0 Å². The Morgan fingerprint density at radius 3 is 2.33 bits per heavy atom. The molecule has 33 heavy (non-hydrogen) atoms. The predicted molar refractivity (Wildman–Crippen MR) is 125 cm³/mol. The number of rotatable bonds is 4. The molecule has 1 amide bonds. The fraction of sp³-hybridized carbons (Fsp3) is 0.154. The molecule has 0 fully saturated rings. The van der Waals surface area contributed by atoms with Gasteiger partial charge >= 0.3 is 0 Å². The van der Waals surface area contributed by atoms with Crippen LogP contribution in [-0.4, -0.2) is 50.1 Å². The summed E-state index contributed by atoms with van der Waals surface area (Å²) in [6, 6.07) is 23.2. The van der Waals surface area contributed by atoms with Gasteiger partial charge in [-0.05, 0) is 47.9 Å². The van der Waals surface area contributed by atoms with E-state index in [0.717, 1.165) is 22.5 Å². The lowest BCUT2D eigenvalue weighted by Gasteiger charge is -2.35. The molecule has 1 unspecified atom stereocenters. The summed E-state index contributed by atoms with van der Waals surface area (Å²) in [6.45, 7) is 2.37. The standard InChI is InChI=1S/C25H22N4O2.CH2O/c30-17-22-14-19-6-4-5-7-20(19)16-28(22)25(31)23-15-24(18-10-12-26-13-11-18)29(27-23)21-8-2-1-3-9-21;1-2/h1-13,15,22,30H,14,16-17H2;1H2. The Labute approximate surface area is 191 Å². The number of fused-ring (bicyclic) bond motifs is 1. The third-order valence-electron chi connectivity index (χ3n) is 5.73. The first-order chi connectivity index (χ1) is 16.2. The van der Waals surface area contributed by atoms with Crippen molar-refractivity contribution in [3.05, 3.63) is 102 Å². The monoisotopic (exact) mass is 440 g/mol. The normalized spacial score (nSPS) is 14.7. The van der Waals surface area contributed by atoms with Crippen LogP contribution in [0.4, 0.5) is 0 Å². The second-order valence-electron chi connectivity index (χ2n) is 7.64. The molecule has 2 aromatic carbocycles. The lowest BCUT2D eigenvalue weighted by molar-refractivity contribution is -0.0980. The van der Waals surface area contributed by atoms with Crippen LogP contribution in [0.2, 0.25) is 0 Å².